The van der Waals surface area contributed by atoms with E-state index in [2.05, 4.69) is 20.8 Å². The third-order valence-electron chi connectivity index (χ3n) is 5.64. The van der Waals surface area contributed by atoms with Gasteiger partial charge in [0.05, 0.1) is 11.6 Å². The molecule has 1 aliphatic rings. The molecule has 0 saturated heterocycles. The highest BCUT2D eigenvalue weighted by Gasteiger charge is 2.37. The molecule has 9 nitrogen and oxygen atoms in total. The second-order valence-corrected chi connectivity index (χ2v) is 10.2. The van der Waals surface area contributed by atoms with Crippen molar-refractivity contribution in [3.05, 3.63) is 35.0 Å². The smallest absolute Gasteiger partial charge is 0.407 e. The molecule has 2 amide bonds. The number of aliphatic hydroxyl groups excluding tert-OH is 1. The number of rotatable bonds is 5. The Morgan fingerprint density at radius 3 is 2.55 bits per heavy atom. The number of hydrogen-bond acceptors (Lipinski definition) is 7. The van der Waals surface area contributed by atoms with Crippen LogP contribution in [0.15, 0.2) is 24.3 Å². The first kappa shape index (κ1) is 25.1. The Labute approximate surface area is 198 Å². The predicted molar refractivity (Wildman–Crippen MR) is 126 cm³/mol. The average molecular weight is 478 g/mol. The second kappa shape index (κ2) is 10.2. The van der Waals surface area contributed by atoms with Crippen LogP contribution < -0.4 is 10.6 Å². The average Bonchev–Trinajstić information content (AvgIpc) is 2.72. The van der Waals surface area contributed by atoms with Crippen molar-refractivity contribution < 1.29 is 19.4 Å². The number of hydrogen-bond donors (Lipinski definition) is 3. The van der Waals surface area contributed by atoms with Gasteiger partial charge in [0.1, 0.15) is 11.8 Å². The fourth-order valence-corrected chi connectivity index (χ4v) is 4.22. The van der Waals surface area contributed by atoms with Crippen molar-refractivity contribution in [1.82, 2.24) is 25.7 Å². The molecule has 4 atom stereocenters. The number of carbonyl (C=O) groups excluding carboxylic acids is 2. The zero-order valence-electron chi connectivity index (χ0n) is 19.6. The number of carbonyl (C=O) groups is 2. The van der Waals surface area contributed by atoms with Crippen molar-refractivity contribution in [3.8, 4) is 0 Å². The first-order chi connectivity index (χ1) is 15.4. The van der Waals surface area contributed by atoms with Crippen molar-refractivity contribution in [2.45, 2.75) is 63.9 Å². The Morgan fingerprint density at radius 1 is 1.15 bits per heavy atom. The van der Waals surface area contributed by atoms with E-state index in [9.17, 15) is 14.7 Å². The molecule has 1 heterocycles. The number of aliphatic hydroxyl groups is 1. The van der Waals surface area contributed by atoms with E-state index in [1.165, 1.54) is 0 Å². The summed E-state index contributed by atoms with van der Waals surface area (Å²) in [5.41, 5.74) is 0.127. The van der Waals surface area contributed by atoms with Gasteiger partial charge in [-0.25, -0.2) is 4.79 Å². The Hall–Kier alpha value is -2.49. The van der Waals surface area contributed by atoms with Crippen LogP contribution in [0.3, 0.4) is 0 Å². The highest BCUT2D eigenvalue weighted by Crippen LogP contribution is 2.29. The van der Waals surface area contributed by atoms with Crippen LogP contribution in [0.1, 0.15) is 50.5 Å². The molecule has 1 aliphatic carbocycles. The highest BCUT2D eigenvalue weighted by molar-refractivity contribution is 6.31. The molecular formula is C23H32ClN5O4. The van der Waals surface area contributed by atoms with E-state index in [-0.39, 0.29) is 23.6 Å². The topological polar surface area (TPSA) is 117 Å². The Kier molecular flexibility index (Phi) is 7.76. The fourth-order valence-electron chi connectivity index (χ4n) is 4.05. The standard InChI is InChI=1S/C23H32ClN5O4/c1-23(2,3)33-22(32)26-18-11-14(21(31)29(4)5)7-9-16(18)25-20(30)19-10-13-6-8-15(24)12-17(13)27-28-19/h6,8,10,12,14,16,18,21,31H,7,9,11H2,1-5H3,(H,25,30)(H,26,32)/t14-,16-,18+,21?/m0/s1. The van der Waals surface area contributed by atoms with E-state index in [0.29, 0.717) is 29.8 Å². The first-order valence-corrected chi connectivity index (χ1v) is 11.4. The van der Waals surface area contributed by atoms with Gasteiger partial charge in [0.25, 0.3) is 5.91 Å². The molecule has 2 aromatic rings. The van der Waals surface area contributed by atoms with Gasteiger partial charge in [-0.05, 0) is 72.3 Å². The number of aromatic nitrogens is 2. The van der Waals surface area contributed by atoms with Gasteiger partial charge in [0.15, 0.2) is 5.69 Å². The lowest BCUT2D eigenvalue weighted by Gasteiger charge is -2.40. The molecule has 3 rings (SSSR count). The summed E-state index contributed by atoms with van der Waals surface area (Å²) >= 11 is 5.99. The van der Waals surface area contributed by atoms with Crippen molar-refractivity contribution in [1.29, 1.82) is 0 Å². The Bertz CT molecular complexity index is 1010. The molecule has 1 unspecified atom stereocenters. The van der Waals surface area contributed by atoms with Gasteiger partial charge in [-0.3, -0.25) is 9.69 Å². The normalized spacial score (nSPS) is 22.1. The zero-order chi connectivity index (χ0) is 24.3. The molecule has 0 radical (unpaired) electrons. The molecule has 180 valence electrons. The summed E-state index contributed by atoms with van der Waals surface area (Å²) in [6.07, 6.45) is 0.555. The van der Waals surface area contributed by atoms with Crippen LogP contribution in [0.25, 0.3) is 10.9 Å². The van der Waals surface area contributed by atoms with Crippen molar-refractivity contribution >= 4 is 34.5 Å². The maximum absolute atomic E-state index is 13.0. The van der Waals surface area contributed by atoms with Gasteiger partial charge in [-0.15, -0.1) is 10.2 Å². The minimum atomic E-state index is -0.650. The second-order valence-electron chi connectivity index (χ2n) is 9.72. The molecule has 1 fully saturated rings. The van der Waals surface area contributed by atoms with E-state index in [4.69, 9.17) is 16.3 Å². The van der Waals surface area contributed by atoms with Gasteiger partial charge in [-0.1, -0.05) is 17.7 Å². The van der Waals surface area contributed by atoms with Crippen LogP contribution in [0.5, 0.6) is 0 Å². The molecule has 1 aromatic carbocycles. The van der Waals surface area contributed by atoms with Crippen LogP contribution in [-0.2, 0) is 4.74 Å². The molecule has 33 heavy (non-hydrogen) atoms. The Morgan fingerprint density at radius 2 is 1.88 bits per heavy atom. The molecule has 3 N–H and O–H groups in total. The van der Waals surface area contributed by atoms with Crippen LogP contribution in [0.4, 0.5) is 4.79 Å². The minimum absolute atomic E-state index is 0.0571. The number of nitrogens with zero attached hydrogens (tertiary/aromatic N) is 3. The first-order valence-electron chi connectivity index (χ1n) is 11.0. The number of fused-ring (bicyclic) bond motifs is 1. The molecule has 0 spiro atoms. The van der Waals surface area contributed by atoms with Crippen molar-refractivity contribution in [3.63, 3.8) is 0 Å². The molecule has 10 heteroatoms. The predicted octanol–water partition coefficient (Wildman–Crippen LogP) is 2.96. The summed E-state index contributed by atoms with van der Waals surface area (Å²) in [4.78, 5) is 27.2. The zero-order valence-corrected chi connectivity index (χ0v) is 20.4. The van der Waals surface area contributed by atoms with E-state index < -0.39 is 24.0 Å². The summed E-state index contributed by atoms with van der Waals surface area (Å²) in [7, 11) is 3.61. The fraction of sp³-hybridized carbons (Fsp3) is 0.565. The van der Waals surface area contributed by atoms with Gasteiger partial charge >= 0.3 is 6.09 Å². The summed E-state index contributed by atoms with van der Waals surface area (Å²) in [6, 6.07) is 6.09. The lowest BCUT2D eigenvalue weighted by molar-refractivity contribution is -0.0312. The molecule has 1 saturated carbocycles. The van der Waals surface area contributed by atoms with Crippen LogP contribution >= 0.6 is 11.6 Å². The van der Waals surface area contributed by atoms with Gasteiger partial charge in [0.2, 0.25) is 0 Å². The third kappa shape index (κ3) is 6.75. The maximum Gasteiger partial charge on any atom is 0.407 e. The van der Waals surface area contributed by atoms with E-state index in [1.54, 1.807) is 64.0 Å². The van der Waals surface area contributed by atoms with E-state index >= 15 is 0 Å². The number of ether oxygens (including phenoxy) is 1. The van der Waals surface area contributed by atoms with E-state index in [0.717, 1.165) is 5.39 Å². The molecule has 1 aromatic heterocycles. The van der Waals surface area contributed by atoms with Crippen molar-refractivity contribution in [2.24, 2.45) is 5.92 Å². The molecule has 0 bridgehead atoms. The Balaban J connectivity index is 1.75. The summed E-state index contributed by atoms with van der Waals surface area (Å²) in [5.74, 6) is -0.440. The maximum atomic E-state index is 13.0. The minimum Gasteiger partial charge on any atom is -0.444 e. The van der Waals surface area contributed by atoms with Gasteiger partial charge in [-0.2, -0.15) is 0 Å². The van der Waals surface area contributed by atoms with Crippen LogP contribution in [0.2, 0.25) is 5.02 Å². The summed E-state index contributed by atoms with van der Waals surface area (Å²) < 4.78 is 5.41. The highest BCUT2D eigenvalue weighted by atomic mass is 35.5. The van der Waals surface area contributed by atoms with E-state index in [1.807, 2.05) is 0 Å². The lowest BCUT2D eigenvalue weighted by Crippen LogP contribution is -2.57. The SMILES string of the molecule is CN(C)C(O)[C@H]1CC[C@H](NC(=O)c2cc3ccc(Cl)cc3nn2)[C@H](NC(=O)OC(C)(C)C)C1. The van der Waals surface area contributed by atoms with Gasteiger partial charge in [0, 0.05) is 22.4 Å². The number of benzene rings is 1. The van der Waals surface area contributed by atoms with Crippen LogP contribution in [-0.4, -0.2) is 70.2 Å². The third-order valence-corrected chi connectivity index (χ3v) is 5.88. The summed E-state index contributed by atoms with van der Waals surface area (Å²) in [6.45, 7) is 5.37. The largest absolute Gasteiger partial charge is 0.444 e. The number of alkyl carbamates (subject to hydrolysis) is 1. The number of amides is 2. The monoisotopic (exact) mass is 477 g/mol. The quantitative estimate of drug-likeness (QED) is 0.567. The number of halogens is 1. The molecular weight excluding hydrogens is 446 g/mol. The van der Waals surface area contributed by atoms with Crippen LogP contribution in [0, 0.1) is 5.92 Å². The molecule has 0 aliphatic heterocycles. The van der Waals surface area contributed by atoms with Crippen molar-refractivity contribution in [2.75, 3.05) is 14.1 Å². The van der Waals surface area contributed by atoms with Gasteiger partial charge < -0.3 is 20.5 Å². The lowest BCUT2D eigenvalue weighted by atomic mass is 9.81. The summed E-state index contributed by atoms with van der Waals surface area (Å²) in [5, 5.41) is 25.8. The number of nitrogens with one attached hydrogen (secondary N) is 2.